The number of thiazole rings is 1. The highest BCUT2D eigenvalue weighted by atomic mass is 32.2. The molecule has 0 radical (unpaired) electrons. The molecule has 1 N–H and O–H groups in total. The molecule has 3 amide bonds. The van der Waals surface area contributed by atoms with Gasteiger partial charge in [-0.15, -0.1) is 11.3 Å². The van der Waals surface area contributed by atoms with E-state index in [1.54, 1.807) is 37.3 Å². The van der Waals surface area contributed by atoms with Gasteiger partial charge in [-0.2, -0.15) is 4.31 Å². The van der Waals surface area contributed by atoms with E-state index in [1.807, 2.05) is 38.1 Å². The molecule has 1 aliphatic rings. The maximum Gasteiger partial charge on any atom is 0.252 e. The molecule has 1 fully saturated rings. The number of hydrogen-bond acceptors (Lipinski definition) is 7. The Labute approximate surface area is 249 Å². The standard InChI is InChI=1S/C31H32N4O5S2/c1-6-31(4,5)35(42(39,40)24-14-10-22(11-15-24)32-20(3)36)26-18-28(37)34(30(26)38)23-12-8-21(9-13-23)29-33-25-16-7-19(2)17-27(25)41-29/h7-17,26H,6,18H2,1-5H3,(H,32,36). The van der Waals surface area contributed by atoms with Crippen molar-refractivity contribution >= 4 is 60.7 Å². The van der Waals surface area contributed by atoms with Crippen LogP contribution in [0.4, 0.5) is 11.4 Å². The van der Waals surface area contributed by atoms with Crippen molar-refractivity contribution in [3.05, 3.63) is 72.3 Å². The van der Waals surface area contributed by atoms with Gasteiger partial charge in [0.2, 0.25) is 21.8 Å². The lowest BCUT2D eigenvalue weighted by atomic mass is 10.00. The predicted molar refractivity (Wildman–Crippen MR) is 165 cm³/mol. The number of rotatable bonds is 8. The van der Waals surface area contributed by atoms with Crippen LogP contribution in [0.2, 0.25) is 0 Å². The monoisotopic (exact) mass is 604 g/mol. The maximum absolute atomic E-state index is 14.0. The summed E-state index contributed by atoms with van der Waals surface area (Å²) in [6.07, 6.45) is 0.134. The van der Waals surface area contributed by atoms with E-state index in [0.29, 0.717) is 17.8 Å². The summed E-state index contributed by atoms with van der Waals surface area (Å²) in [7, 11) is -4.21. The van der Waals surface area contributed by atoms with E-state index in [-0.39, 0.29) is 17.2 Å². The van der Waals surface area contributed by atoms with Crippen LogP contribution in [0.15, 0.2) is 71.6 Å². The van der Waals surface area contributed by atoms with Crippen molar-refractivity contribution in [2.75, 3.05) is 10.2 Å². The molecule has 0 spiro atoms. The van der Waals surface area contributed by atoms with Crippen LogP contribution in [0.3, 0.4) is 0 Å². The average molecular weight is 605 g/mol. The molecule has 9 nitrogen and oxygen atoms in total. The van der Waals surface area contributed by atoms with Gasteiger partial charge in [-0.3, -0.25) is 14.4 Å². The lowest BCUT2D eigenvalue weighted by molar-refractivity contribution is -0.123. The third kappa shape index (κ3) is 5.47. The number of fused-ring (bicyclic) bond motifs is 1. The Morgan fingerprint density at radius 1 is 1.07 bits per heavy atom. The highest BCUT2D eigenvalue weighted by Crippen LogP contribution is 2.37. The van der Waals surface area contributed by atoms with Gasteiger partial charge in [0.05, 0.1) is 27.2 Å². The first kappa shape index (κ1) is 29.6. The SMILES string of the molecule is CCC(C)(C)N(C1CC(=O)N(c2ccc(-c3nc4ccc(C)cc4s3)cc2)C1=O)S(=O)(=O)c1ccc(NC(C)=O)cc1. The van der Waals surface area contributed by atoms with Crippen molar-refractivity contribution in [1.29, 1.82) is 0 Å². The van der Waals surface area contributed by atoms with E-state index in [2.05, 4.69) is 11.4 Å². The van der Waals surface area contributed by atoms with Gasteiger partial charge in [-0.05, 0) is 93.4 Å². The third-order valence-corrected chi connectivity index (χ3v) is 10.7. The van der Waals surface area contributed by atoms with Crippen molar-refractivity contribution in [2.24, 2.45) is 0 Å². The summed E-state index contributed by atoms with van der Waals surface area (Å²) in [4.78, 5) is 44.2. The number of aromatic nitrogens is 1. The smallest absolute Gasteiger partial charge is 0.252 e. The number of nitrogens with one attached hydrogen (secondary N) is 1. The zero-order valence-electron chi connectivity index (χ0n) is 24.0. The quantitative estimate of drug-likeness (QED) is 0.256. The van der Waals surface area contributed by atoms with Crippen molar-refractivity contribution in [3.63, 3.8) is 0 Å². The van der Waals surface area contributed by atoms with Gasteiger partial charge >= 0.3 is 0 Å². The fraction of sp³-hybridized carbons (Fsp3) is 0.290. The van der Waals surface area contributed by atoms with Gasteiger partial charge in [0, 0.05) is 23.7 Å². The van der Waals surface area contributed by atoms with Gasteiger partial charge in [-0.25, -0.2) is 18.3 Å². The molecular formula is C31H32N4O5S2. The van der Waals surface area contributed by atoms with E-state index >= 15 is 0 Å². The summed E-state index contributed by atoms with van der Waals surface area (Å²) >= 11 is 1.56. The number of nitrogens with zero attached hydrogens (tertiary/aromatic N) is 3. The van der Waals surface area contributed by atoms with E-state index in [9.17, 15) is 22.8 Å². The van der Waals surface area contributed by atoms with Gasteiger partial charge in [0.1, 0.15) is 11.0 Å². The molecule has 2 heterocycles. The molecule has 11 heteroatoms. The number of carbonyl (C=O) groups is 3. The summed E-state index contributed by atoms with van der Waals surface area (Å²) < 4.78 is 30.2. The Hall–Kier alpha value is -3.93. The van der Waals surface area contributed by atoms with E-state index in [4.69, 9.17) is 4.98 Å². The predicted octanol–water partition coefficient (Wildman–Crippen LogP) is 5.74. The third-order valence-electron chi connectivity index (χ3n) is 7.52. The van der Waals surface area contributed by atoms with Crippen molar-refractivity contribution in [3.8, 4) is 10.6 Å². The minimum absolute atomic E-state index is 0.0350. The van der Waals surface area contributed by atoms with Crippen LogP contribution in [0.1, 0.15) is 46.1 Å². The average Bonchev–Trinajstić information content (AvgIpc) is 3.48. The number of benzene rings is 3. The minimum atomic E-state index is -4.21. The van der Waals surface area contributed by atoms with Crippen LogP contribution in [0, 0.1) is 6.92 Å². The fourth-order valence-electron chi connectivity index (χ4n) is 5.08. The zero-order chi connectivity index (χ0) is 30.4. The summed E-state index contributed by atoms with van der Waals surface area (Å²) in [6.45, 7) is 8.71. The van der Waals surface area contributed by atoms with Crippen molar-refractivity contribution < 1.29 is 22.8 Å². The Morgan fingerprint density at radius 2 is 1.74 bits per heavy atom. The second-order valence-corrected chi connectivity index (χ2v) is 13.8. The lowest BCUT2D eigenvalue weighted by Crippen LogP contribution is -2.55. The van der Waals surface area contributed by atoms with E-state index in [0.717, 1.165) is 31.3 Å². The molecule has 1 aliphatic heterocycles. The molecule has 0 aliphatic carbocycles. The van der Waals surface area contributed by atoms with Crippen LogP contribution in [0.5, 0.6) is 0 Å². The Morgan fingerprint density at radius 3 is 2.36 bits per heavy atom. The van der Waals surface area contributed by atoms with E-state index < -0.39 is 33.4 Å². The highest BCUT2D eigenvalue weighted by molar-refractivity contribution is 7.89. The Bertz CT molecular complexity index is 1800. The Kier molecular flexibility index (Phi) is 7.78. The number of anilines is 2. The fourth-order valence-corrected chi connectivity index (χ4v) is 8.13. The molecule has 4 aromatic rings. The number of carbonyl (C=O) groups excluding carboxylic acids is 3. The minimum Gasteiger partial charge on any atom is -0.326 e. The molecular weight excluding hydrogens is 572 g/mol. The summed E-state index contributed by atoms with van der Waals surface area (Å²) in [5.41, 5.74) is 2.76. The highest BCUT2D eigenvalue weighted by Gasteiger charge is 2.51. The second-order valence-electron chi connectivity index (χ2n) is 11.0. The van der Waals surface area contributed by atoms with Crippen LogP contribution in [0.25, 0.3) is 20.8 Å². The summed E-state index contributed by atoms with van der Waals surface area (Å²) in [5, 5.41) is 3.44. The van der Waals surface area contributed by atoms with Gasteiger partial charge in [0.15, 0.2) is 0 Å². The lowest BCUT2D eigenvalue weighted by Gasteiger charge is -2.39. The van der Waals surface area contributed by atoms with E-state index in [1.165, 1.54) is 35.5 Å². The first-order valence-corrected chi connectivity index (χ1v) is 15.8. The van der Waals surface area contributed by atoms with Gasteiger partial charge in [-0.1, -0.05) is 13.0 Å². The number of hydrogen-bond donors (Lipinski definition) is 1. The number of sulfonamides is 1. The van der Waals surface area contributed by atoms with Crippen LogP contribution >= 0.6 is 11.3 Å². The largest absolute Gasteiger partial charge is 0.326 e. The number of imide groups is 1. The zero-order valence-corrected chi connectivity index (χ0v) is 25.7. The number of amides is 3. The van der Waals surface area contributed by atoms with Crippen LogP contribution in [-0.2, 0) is 24.4 Å². The normalized spacial score (nSPS) is 16.0. The molecule has 218 valence electrons. The summed E-state index contributed by atoms with van der Waals surface area (Å²) in [6, 6.07) is 17.6. The summed E-state index contributed by atoms with van der Waals surface area (Å²) in [5.74, 6) is -1.35. The second kappa shape index (κ2) is 11.0. The van der Waals surface area contributed by atoms with Crippen molar-refractivity contribution in [2.45, 2.75) is 63.9 Å². The molecule has 3 aromatic carbocycles. The molecule has 1 saturated heterocycles. The molecule has 0 saturated carbocycles. The van der Waals surface area contributed by atoms with Gasteiger partial charge in [0.25, 0.3) is 5.91 Å². The van der Waals surface area contributed by atoms with Crippen LogP contribution in [-0.4, -0.2) is 47.0 Å². The van der Waals surface area contributed by atoms with Crippen molar-refractivity contribution in [1.82, 2.24) is 9.29 Å². The first-order chi connectivity index (χ1) is 19.8. The molecule has 0 bridgehead atoms. The molecule has 5 rings (SSSR count). The number of aryl methyl sites for hydroxylation is 1. The van der Waals surface area contributed by atoms with Gasteiger partial charge < -0.3 is 5.32 Å². The molecule has 1 aromatic heterocycles. The molecule has 1 unspecified atom stereocenters. The maximum atomic E-state index is 14.0. The Balaban J connectivity index is 1.45. The molecule has 42 heavy (non-hydrogen) atoms. The molecule has 1 atom stereocenters. The topological polar surface area (TPSA) is 117 Å². The van der Waals surface area contributed by atoms with Crippen LogP contribution < -0.4 is 10.2 Å². The first-order valence-electron chi connectivity index (χ1n) is 13.6.